The zero-order valence-corrected chi connectivity index (χ0v) is 11.8. The van der Waals surface area contributed by atoms with Crippen LogP contribution in [0.2, 0.25) is 0 Å². The summed E-state index contributed by atoms with van der Waals surface area (Å²) in [6, 6.07) is 0.282. The van der Waals surface area contributed by atoms with Gasteiger partial charge in [-0.25, -0.2) is 0 Å². The van der Waals surface area contributed by atoms with Gasteiger partial charge in [-0.3, -0.25) is 0 Å². The van der Waals surface area contributed by atoms with Crippen LogP contribution in [0, 0.1) is 5.92 Å². The zero-order valence-electron chi connectivity index (χ0n) is 11.8. The lowest BCUT2D eigenvalue weighted by Crippen LogP contribution is -2.38. The molecule has 0 aliphatic rings. The Balaban J connectivity index is 3.40. The van der Waals surface area contributed by atoms with Crippen LogP contribution in [0.15, 0.2) is 0 Å². The molecule has 1 unspecified atom stereocenters. The maximum Gasteiger partial charge on any atom is 0.0701 e. The van der Waals surface area contributed by atoms with Crippen molar-refractivity contribution in [3.63, 3.8) is 0 Å². The molecule has 4 nitrogen and oxygen atoms in total. The fourth-order valence-electron chi connectivity index (χ4n) is 1.38. The second-order valence-corrected chi connectivity index (χ2v) is 4.65. The van der Waals surface area contributed by atoms with E-state index in [-0.39, 0.29) is 6.04 Å². The van der Waals surface area contributed by atoms with Crippen molar-refractivity contribution < 1.29 is 14.2 Å². The van der Waals surface area contributed by atoms with Gasteiger partial charge >= 0.3 is 0 Å². The molecule has 1 N–H and O–H groups in total. The predicted molar refractivity (Wildman–Crippen MR) is 70.4 cm³/mol. The van der Waals surface area contributed by atoms with Crippen LogP contribution in [-0.2, 0) is 14.2 Å². The van der Waals surface area contributed by atoms with Gasteiger partial charge in [0.1, 0.15) is 0 Å². The highest BCUT2D eigenvalue weighted by Gasteiger charge is 2.06. The SMILES string of the molecule is CCCNC(COC)COCCOCC(C)C. The summed E-state index contributed by atoms with van der Waals surface area (Å²) in [4.78, 5) is 0. The van der Waals surface area contributed by atoms with Crippen molar-refractivity contribution in [3.05, 3.63) is 0 Å². The Bertz CT molecular complexity index is 154. The van der Waals surface area contributed by atoms with Crippen LogP contribution in [0.3, 0.4) is 0 Å². The number of ether oxygens (including phenoxy) is 3. The Morgan fingerprint density at radius 3 is 2.18 bits per heavy atom. The molecule has 4 heteroatoms. The van der Waals surface area contributed by atoms with Crippen molar-refractivity contribution in [2.75, 3.05) is 46.7 Å². The summed E-state index contributed by atoms with van der Waals surface area (Å²) >= 11 is 0. The summed E-state index contributed by atoms with van der Waals surface area (Å²) in [5.74, 6) is 0.586. The molecule has 104 valence electrons. The molecule has 0 aromatic rings. The van der Waals surface area contributed by atoms with Gasteiger partial charge in [-0.15, -0.1) is 0 Å². The van der Waals surface area contributed by atoms with E-state index in [0.29, 0.717) is 32.3 Å². The van der Waals surface area contributed by atoms with E-state index in [4.69, 9.17) is 14.2 Å². The average molecular weight is 247 g/mol. The van der Waals surface area contributed by atoms with E-state index >= 15 is 0 Å². The second kappa shape index (κ2) is 12.3. The Morgan fingerprint density at radius 2 is 1.65 bits per heavy atom. The highest BCUT2D eigenvalue weighted by atomic mass is 16.5. The Labute approximate surface area is 106 Å². The van der Waals surface area contributed by atoms with E-state index in [1.165, 1.54) is 0 Å². The first-order valence-electron chi connectivity index (χ1n) is 6.58. The predicted octanol–water partition coefficient (Wildman–Crippen LogP) is 1.69. The maximum absolute atomic E-state index is 5.56. The van der Waals surface area contributed by atoms with Crippen LogP contribution < -0.4 is 5.32 Å². The van der Waals surface area contributed by atoms with Crippen molar-refractivity contribution in [1.82, 2.24) is 5.32 Å². The molecule has 0 saturated carbocycles. The molecule has 1 atom stereocenters. The fourth-order valence-corrected chi connectivity index (χ4v) is 1.38. The van der Waals surface area contributed by atoms with E-state index in [1.807, 2.05) is 0 Å². The third-order valence-corrected chi connectivity index (χ3v) is 2.19. The summed E-state index contributed by atoms with van der Waals surface area (Å²) in [7, 11) is 1.71. The monoisotopic (exact) mass is 247 g/mol. The first kappa shape index (κ1) is 16.8. The molecule has 0 aliphatic heterocycles. The van der Waals surface area contributed by atoms with Gasteiger partial charge in [-0.1, -0.05) is 20.8 Å². The molecule has 0 amide bonds. The van der Waals surface area contributed by atoms with E-state index in [2.05, 4.69) is 26.1 Å². The molecule has 0 radical (unpaired) electrons. The lowest BCUT2D eigenvalue weighted by atomic mass is 10.2. The maximum atomic E-state index is 5.56. The van der Waals surface area contributed by atoms with Crippen molar-refractivity contribution >= 4 is 0 Å². The molecule has 0 fully saturated rings. The minimum Gasteiger partial charge on any atom is -0.383 e. The highest BCUT2D eigenvalue weighted by Crippen LogP contribution is 1.93. The van der Waals surface area contributed by atoms with Crippen LogP contribution >= 0.6 is 0 Å². The quantitative estimate of drug-likeness (QED) is 0.533. The molecule has 0 heterocycles. The Kier molecular flexibility index (Phi) is 12.2. The third-order valence-electron chi connectivity index (χ3n) is 2.19. The van der Waals surface area contributed by atoms with Crippen LogP contribution in [-0.4, -0.2) is 52.7 Å². The molecule has 0 spiro atoms. The van der Waals surface area contributed by atoms with Crippen molar-refractivity contribution in [3.8, 4) is 0 Å². The molecule has 0 saturated heterocycles. The highest BCUT2D eigenvalue weighted by molar-refractivity contribution is 4.64. The van der Waals surface area contributed by atoms with Gasteiger partial charge in [0, 0.05) is 13.7 Å². The van der Waals surface area contributed by atoms with E-state index in [0.717, 1.165) is 19.6 Å². The molecular weight excluding hydrogens is 218 g/mol. The topological polar surface area (TPSA) is 39.7 Å². The fraction of sp³-hybridized carbons (Fsp3) is 1.00. The number of rotatable bonds is 12. The first-order chi connectivity index (χ1) is 8.20. The standard InChI is InChI=1S/C13H29NO3/c1-5-6-14-13(10-15-4)11-17-8-7-16-9-12(2)3/h12-14H,5-11H2,1-4H3. The Morgan fingerprint density at radius 1 is 1.00 bits per heavy atom. The normalized spacial score (nSPS) is 13.2. The molecule has 17 heavy (non-hydrogen) atoms. The van der Waals surface area contributed by atoms with E-state index in [1.54, 1.807) is 7.11 Å². The largest absolute Gasteiger partial charge is 0.383 e. The van der Waals surface area contributed by atoms with Gasteiger partial charge in [0.05, 0.1) is 32.5 Å². The van der Waals surface area contributed by atoms with Gasteiger partial charge < -0.3 is 19.5 Å². The molecule has 0 aliphatic carbocycles. The summed E-state index contributed by atoms with van der Waals surface area (Å²) in [6.07, 6.45) is 1.12. The molecule has 0 aromatic carbocycles. The van der Waals surface area contributed by atoms with Crippen LogP contribution in [0.5, 0.6) is 0 Å². The number of hydrogen-bond acceptors (Lipinski definition) is 4. The van der Waals surface area contributed by atoms with E-state index in [9.17, 15) is 0 Å². The summed E-state index contributed by atoms with van der Waals surface area (Å²) in [5.41, 5.74) is 0. The first-order valence-corrected chi connectivity index (χ1v) is 6.58. The van der Waals surface area contributed by atoms with Gasteiger partial charge in [-0.05, 0) is 18.9 Å². The molecule has 0 bridgehead atoms. The van der Waals surface area contributed by atoms with Crippen LogP contribution in [0.1, 0.15) is 27.2 Å². The lowest BCUT2D eigenvalue weighted by molar-refractivity contribution is 0.0208. The van der Waals surface area contributed by atoms with Crippen molar-refractivity contribution in [2.24, 2.45) is 5.92 Å². The summed E-state index contributed by atoms with van der Waals surface area (Å²) in [6.45, 7) is 10.9. The molecule has 0 rings (SSSR count). The molecular formula is C13H29NO3. The van der Waals surface area contributed by atoms with Crippen molar-refractivity contribution in [1.29, 1.82) is 0 Å². The van der Waals surface area contributed by atoms with Crippen molar-refractivity contribution in [2.45, 2.75) is 33.2 Å². The minimum absolute atomic E-state index is 0.282. The molecule has 0 aromatic heterocycles. The van der Waals surface area contributed by atoms with Gasteiger partial charge in [0.25, 0.3) is 0 Å². The zero-order chi connectivity index (χ0) is 12.9. The van der Waals surface area contributed by atoms with Gasteiger partial charge in [0.15, 0.2) is 0 Å². The lowest BCUT2D eigenvalue weighted by Gasteiger charge is -2.17. The van der Waals surface area contributed by atoms with Crippen LogP contribution in [0.25, 0.3) is 0 Å². The van der Waals surface area contributed by atoms with E-state index < -0.39 is 0 Å². The summed E-state index contributed by atoms with van der Waals surface area (Å²) < 4.78 is 16.1. The third kappa shape index (κ3) is 12.1. The second-order valence-electron chi connectivity index (χ2n) is 4.65. The number of hydrogen-bond donors (Lipinski definition) is 1. The van der Waals surface area contributed by atoms with Gasteiger partial charge in [0.2, 0.25) is 0 Å². The van der Waals surface area contributed by atoms with Gasteiger partial charge in [-0.2, -0.15) is 0 Å². The smallest absolute Gasteiger partial charge is 0.0701 e. The number of nitrogens with one attached hydrogen (secondary N) is 1. The average Bonchev–Trinajstić information content (AvgIpc) is 2.29. The summed E-state index contributed by atoms with van der Waals surface area (Å²) in [5, 5.41) is 3.39. The minimum atomic E-state index is 0.282. The number of methoxy groups -OCH3 is 1. The van der Waals surface area contributed by atoms with Crippen LogP contribution in [0.4, 0.5) is 0 Å². The Hall–Kier alpha value is -0.160.